The van der Waals surface area contributed by atoms with Gasteiger partial charge in [0.2, 0.25) is 5.69 Å². The fraction of sp³-hybridized carbons (Fsp3) is 0.0698. The molecule has 1 unspecified atom stereocenters. The summed E-state index contributed by atoms with van der Waals surface area (Å²) in [7, 11) is 0. The smallest absolute Gasteiger partial charge is 0.323 e. The van der Waals surface area contributed by atoms with Gasteiger partial charge in [-0.3, -0.25) is 0 Å². The van der Waals surface area contributed by atoms with Gasteiger partial charge in [0.15, 0.2) is 5.52 Å². The van der Waals surface area contributed by atoms with Crippen LogP contribution in [0.5, 0.6) is 0 Å². The number of benzene rings is 4. The number of nitrogens with zero attached hydrogens (tertiary/aromatic N) is 6. The Bertz CT molecular complexity index is 3170. The van der Waals surface area contributed by atoms with Gasteiger partial charge in [0, 0.05) is 58.0 Å². The van der Waals surface area contributed by atoms with E-state index >= 15 is 0 Å². The fourth-order valence-electron chi connectivity index (χ4n) is 10.3. The third-order valence-electron chi connectivity index (χ3n) is 11.9. The van der Waals surface area contributed by atoms with E-state index in [4.69, 9.17) is 0 Å². The average molecular weight is 629 g/mol. The van der Waals surface area contributed by atoms with Gasteiger partial charge in [0.05, 0.1) is 34.2 Å². The molecule has 3 aliphatic heterocycles. The summed E-state index contributed by atoms with van der Waals surface area (Å²) in [5, 5.41) is 5.15. The molecule has 0 amide bonds. The second-order valence-electron chi connectivity index (χ2n) is 13.9. The first-order chi connectivity index (χ1) is 24.2. The van der Waals surface area contributed by atoms with E-state index in [2.05, 4.69) is 175 Å². The first kappa shape index (κ1) is 24.7. The predicted molar refractivity (Wildman–Crippen MR) is 192 cm³/mol. The average Bonchev–Trinajstić information content (AvgIpc) is 3.92. The van der Waals surface area contributed by atoms with Crippen LogP contribution in [0.25, 0.3) is 77.4 Å². The van der Waals surface area contributed by atoms with Crippen molar-refractivity contribution >= 4 is 49.1 Å². The van der Waals surface area contributed by atoms with Crippen LogP contribution in [-0.4, -0.2) is 18.2 Å². The molecular formula is C43H28N6+2. The number of para-hydroxylation sites is 2. The second kappa shape index (κ2) is 7.83. The summed E-state index contributed by atoms with van der Waals surface area (Å²) >= 11 is 0. The molecule has 0 bridgehead atoms. The lowest BCUT2D eigenvalue weighted by molar-refractivity contribution is -0.995. The lowest BCUT2D eigenvalue weighted by Crippen LogP contribution is -2.77. The zero-order valence-corrected chi connectivity index (χ0v) is 26.9. The highest BCUT2D eigenvalue weighted by molar-refractivity contribution is 6.16. The molecule has 0 aliphatic carbocycles. The Kier molecular flexibility index (Phi) is 3.95. The summed E-state index contributed by atoms with van der Waals surface area (Å²) in [4.78, 5) is 0. The Hall–Kier alpha value is -6.40. The number of hydrogen-bond acceptors (Lipinski definition) is 0. The molecule has 6 nitrogen and oxygen atoms in total. The summed E-state index contributed by atoms with van der Waals surface area (Å²) in [5.41, 5.74) is 15.7. The Morgan fingerprint density at radius 1 is 0.612 bits per heavy atom. The molecular weight excluding hydrogens is 601 g/mol. The van der Waals surface area contributed by atoms with E-state index in [1.807, 2.05) is 0 Å². The van der Waals surface area contributed by atoms with Gasteiger partial charge in [-0.2, -0.15) is 9.13 Å². The van der Waals surface area contributed by atoms with Gasteiger partial charge in [0.25, 0.3) is 5.82 Å². The van der Waals surface area contributed by atoms with E-state index < -0.39 is 5.66 Å². The van der Waals surface area contributed by atoms with Crippen molar-refractivity contribution in [3.63, 3.8) is 0 Å². The third-order valence-corrected chi connectivity index (χ3v) is 11.9. The van der Waals surface area contributed by atoms with E-state index in [1.54, 1.807) is 0 Å². The minimum absolute atomic E-state index is 0.665. The van der Waals surface area contributed by atoms with Gasteiger partial charge < -0.3 is 8.97 Å². The maximum atomic E-state index is 2.63. The SMILES string of the molecule is Cc1c(-c2cc3ccccn3c2)c(C)[n+]2n1-c1ccc3c4ccccc4n4c3c1C21c2c-4ccc3c4ccccc4n(c23)-c2cccc[n+]21. The highest BCUT2D eigenvalue weighted by Gasteiger charge is 2.69. The van der Waals surface area contributed by atoms with Crippen LogP contribution in [0.15, 0.2) is 134 Å². The van der Waals surface area contributed by atoms with Crippen LogP contribution < -0.4 is 9.25 Å². The number of pyridine rings is 2. The lowest BCUT2D eigenvalue weighted by atomic mass is 9.82. The van der Waals surface area contributed by atoms with E-state index in [9.17, 15) is 0 Å². The quantitative estimate of drug-likeness (QED) is 0.165. The summed E-state index contributed by atoms with van der Waals surface area (Å²) in [6, 6.07) is 42.8. The van der Waals surface area contributed by atoms with Crippen LogP contribution in [0.2, 0.25) is 0 Å². The fourth-order valence-corrected chi connectivity index (χ4v) is 10.3. The molecule has 6 aromatic heterocycles. The number of rotatable bonds is 1. The lowest BCUT2D eigenvalue weighted by Gasteiger charge is -2.33. The number of fused-ring (bicyclic) bond motifs is 12. The Balaban J connectivity index is 1.33. The van der Waals surface area contributed by atoms with Gasteiger partial charge in [-0.1, -0.05) is 47.1 Å². The van der Waals surface area contributed by atoms with E-state index in [0.717, 1.165) is 0 Å². The second-order valence-corrected chi connectivity index (χ2v) is 13.9. The molecule has 0 radical (unpaired) electrons. The topological polar surface area (TPSA) is 27.0 Å². The molecule has 9 heterocycles. The zero-order valence-electron chi connectivity index (χ0n) is 26.9. The monoisotopic (exact) mass is 628 g/mol. The molecule has 13 rings (SSSR count). The van der Waals surface area contributed by atoms with Crippen molar-refractivity contribution in [2.24, 2.45) is 0 Å². The van der Waals surface area contributed by atoms with Crippen molar-refractivity contribution in [3.8, 4) is 28.3 Å². The first-order valence-electron chi connectivity index (χ1n) is 17.1. The summed E-state index contributed by atoms with van der Waals surface area (Å²) in [6.07, 6.45) is 6.74. The van der Waals surface area contributed by atoms with Crippen molar-refractivity contribution < 1.29 is 9.25 Å². The molecule has 6 heteroatoms. The maximum absolute atomic E-state index is 2.63. The predicted octanol–water partition coefficient (Wildman–Crippen LogP) is 8.02. The number of hydrogen-bond donors (Lipinski definition) is 0. The van der Waals surface area contributed by atoms with Gasteiger partial charge in [-0.05, 0) is 73.7 Å². The standard InChI is InChI=1S/C43H28N6/c1-25-38(27-23-28-11-7-9-21-44(28)24-27)26(2)49-43-39-35(46-33-14-5-3-12-29(33)31-18-20-36(48(25)49)40(43)41(31)46)19-17-32-30-13-4-6-15-34(30)47(42(32)39)37-16-8-10-22-45(37)43/h3-24H,1-2H3/q+2. The van der Waals surface area contributed by atoms with Gasteiger partial charge in [-0.25, -0.2) is 0 Å². The van der Waals surface area contributed by atoms with E-state index in [1.165, 1.54) is 100.0 Å². The highest BCUT2D eigenvalue weighted by Crippen LogP contribution is 2.55. The molecule has 228 valence electrons. The summed E-state index contributed by atoms with van der Waals surface area (Å²) in [6.45, 7) is 4.63. The summed E-state index contributed by atoms with van der Waals surface area (Å²) < 4.78 is 15.0. The molecule has 49 heavy (non-hydrogen) atoms. The Morgan fingerprint density at radius 3 is 2.08 bits per heavy atom. The Labute approximate surface area is 280 Å². The van der Waals surface area contributed by atoms with Gasteiger partial charge >= 0.3 is 5.66 Å². The van der Waals surface area contributed by atoms with E-state index in [0.29, 0.717) is 0 Å². The van der Waals surface area contributed by atoms with Crippen LogP contribution in [0, 0.1) is 13.8 Å². The molecule has 1 spiro atoms. The normalized spacial score (nSPS) is 16.4. The third kappa shape index (κ3) is 2.44. The number of aromatic nitrogens is 6. The zero-order chi connectivity index (χ0) is 31.9. The molecule has 3 aliphatic rings. The molecule has 0 saturated heterocycles. The van der Waals surface area contributed by atoms with Crippen LogP contribution in [0.4, 0.5) is 0 Å². The van der Waals surface area contributed by atoms with Crippen molar-refractivity contribution in [1.29, 1.82) is 0 Å². The van der Waals surface area contributed by atoms with Crippen LogP contribution in [-0.2, 0) is 5.66 Å². The van der Waals surface area contributed by atoms with Crippen molar-refractivity contribution in [2.45, 2.75) is 19.5 Å². The summed E-state index contributed by atoms with van der Waals surface area (Å²) in [5.74, 6) is 1.17. The minimum Gasteiger partial charge on any atom is -0.323 e. The highest BCUT2D eigenvalue weighted by atomic mass is 15.5. The largest absolute Gasteiger partial charge is 0.394 e. The van der Waals surface area contributed by atoms with Crippen molar-refractivity contribution in [3.05, 3.63) is 156 Å². The molecule has 4 aromatic carbocycles. The van der Waals surface area contributed by atoms with Crippen molar-refractivity contribution in [1.82, 2.24) is 18.2 Å². The van der Waals surface area contributed by atoms with Crippen LogP contribution >= 0.6 is 0 Å². The minimum atomic E-state index is -0.665. The van der Waals surface area contributed by atoms with E-state index in [-0.39, 0.29) is 0 Å². The first-order valence-corrected chi connectivity index (χ1v) is 17.1. The van der Waals surface area contributed by atoms with Crippen molar-refractivity contribution in [2.75, 3.05) is 0 Å². The van der Waals surface area contributed by atoms with Crippen LogP contribution in [0.3, 0.4) is 0 Å². The molecule has 0 N–H and O–H groups in total. The molecule has 0 fully saturated rings. The van der Waals surface area contributed by atoms with Gasteiger partial charge in [-0.15, -0.1) is 4.68 Å². The van der Waals surface area contributed by atoms with Crippen LogP contribution in [0.1, 0.15) is 22.5 Å². The maximum Gasteiger partial charge on any atom is 0.394 e. The Morgan fingerprint density at radius 2 is 1.29 bits per heavy atom. The molecule has 1 atom stereocenters. The molecule has 10 aromatic rings. The van der Waals surface area contributed by atoms with Gasteiger partial charge in [0.1, 0.15) is 22.3 Å². The molecule has 0 saturated carbocycles.